The van der Waals surface area contributed by atoms with Crippen molar-refractivity contribution >= 4 is 0 Å². The minimum Gasteiger partial charge on any atom is -0.198 e. The van der Waals surface area contributed by atoms with Crippen molar-refractivity contribution in [3.8, 4) is 6.07 Å². The molecule has 1 rings (SSSR count). The van der Waals surface area contributed by atoms with Crippen molar-refractivity contribution in [1.82, 2.24) is 0 Å². The molecule has 3 atom stereocenters. The van der Waals surface area contributed by atoms with E-state index < -0.39 is 0 Å². The molecule has 0 aromatic carbocycles. The first kappa shape index (κ1) is 8.59. The van der Waals surface area contributed by atoms with Gasteiger partial charge in [-0.1, -0.05) is 20.3 Å². The Morgan fingerprint density at radius 3 is 2.55 bits per heavy atom. The van der Waals surface area contributed by atoms with E-state index in [-0.39, 0.29) is 0 Å². The summed E-state index contributed by atoms with van der Waals surface area (Å²) in [5.41, 5.74) is 0. The number of nitriles is 1. The second-order valence-corrected chi connectivity index (χ2v) is 3.87. The summed E-state index contributed by atoms with van der Waals surface area (Å²) >= 11 is 0. The average molecular weight is 151 g/mol. The van der Waals surface area contributed by atoms with Crippen LogP contribution in [0.15, 0.2) is 0 Å². The van der Waals surface area contributed by atoms with Crippen LogP contribution in [0.5, 0.6) is 0 Å². The van der Waals surface area contributed by atoms with Crippen molar-refractivity contribution in [2.75, 3.05) is 0 Å². The zero-order valence-corrected chi connectivity index (χ0v) is 7.51. The van der Waals surface area contributed by atoms with Crippen molar-refractivity contribution in [3.05, 3.63) is 0 Å². The lowest BCUT2D eigenvalue weighted by molar-refractivity contribution is 0.383. The van der Waals surface area contributed by atoms with Gasteiger partial charge in [-0.15, -0.1) is 0 Å². The second-order valence-electron chi connectivity index (χ2n) is 3.87. The Bertz CT molecular complexity index is 157. The van der Waals surface area contributed by atoms with Gasteiger partial charge in [-0.05, 0) is 30.6 Å². The summed E-state index contributed by atoms with van der Waals surface area (Å²) in [5.74, 6) is 2.41. The van der Waals surface area contributed by atoms with E-state index in [9.17, 15) is 0 Å². The largest absolute Gasteiger partial charge is 0.198 e. The number of hydrogen-bond donors (Lipinski definition) is 0. The van der Waals surface area contributed by atoms with Crippen LogP contribution in [0.2, 0.25) is 0 Å². The van der Waals surface area contributed by atoms with Crippen LogP contribution in [0, 0.1) is 29.1 Å². The fourth-order valence-corrected chi connectivity index (χ4v) is 2.38. The molecule has 0 N–H and O–H groups in total. The highest BCUT2D eigenvalue weighted by molar-refractivity contribution is 4.86. The lowest BCUT2D eigenvalue weighted by atomic mass is 9.91. The second kappa shape index (κ2) is 3.76. The summed E-state index contributed by atoms with van der Waals surface area (Å²) in [6.45, 7) is 4.55. The molecular formula is C10H17N. The van der Waals surface area contributed by atoms with Crippen LogP contribution in [-0.4, -0.2) is 0 Å². The third-order valence-electron chi connectivity index (χ3n) is 2.95. The molecule has 62 valence electrons. The Morgan fingerprint density at radius 1 is 1.36 bits per heavy atom. The molecular weight excluding hydrogens is 134 g/mol. The predicted molar refractivity (Wildman–Crippen MR) is 45.9 cm³/mol. The van der Waals surface area contributed by atoms with Crippen LogP contribution in [0.1, 0.15) is 39.5 Å². The van der Waals surface area contributed by atoms with Gasteiger partial charge in [0, 0.05) is 6.42 Å². The standard InChI is InChI=1S/C10H17N/c1-3-9-6-8(2)7-10(9)4-5-11/h8-10H,3-4,6-7H2,1-2H3. The maximum atomic E-state index is 8.58. The van der Waals surface area contributed by atoms with Gasteiger partial charge in [-0.2, -0.15) is 5.26 Å². The summed E-state index contributed by atoms with van der Waals surface area (Å²) in [7, 11) is 0. The van der Waals surface area contributed by atoms with Crippen LogP contribution < -0.4 is 0 Å². The molecule has 0 spiro atoms. The molecule has 1 fully saturated rings. The summed E-state index contributed by atoms with van der Waals surface area (Å²) in [6, 6.07) is 2.29. The lowest BCUT2D eigenvalue weighted by Crippen LogP contribution is -2.05. The molecule has 1 heteroatoms. The van der Waals surface area contributed by atoms with Crippen molar-refractivity contribution in [2.24, 2.45) is 17.8 Å². The van der Waals surface area contributed by atoms with E-state index in [1.54, 1.807) is 0 Å². The van der Waals surface area contributed by atoms with E-state index in [0.717, 1.165) is 18.3 Å². The summed E-state index contributed by atoms with van der Waals surface area (Å²) < 4.78 is 0. The van der Waals surface area contributed by atoms with Crippen LogP contribution in [-0.2, 0) is 0 Å². The van der Waals surface area contributed by atoms with Gasteiger partial charge >= 0.3 is 0 Å². The Hall–Kier alpha value is -0.510. The van der Waals surface area contributed by atoms with E-state index in [0.29, 0.717) is 5.92 Å². The van der Waals surface area contributed by atoms with Crippen LogP contribution >= 0.6 is 0 Å². The topological polar surface area (TPSA) is 23.8 Å². The van der Waals surface area contributed by atoms with Gasteiger partial charge in [-0.3, -0.25) is 0 Å². The normalized spacial score (nSPS) is 37.0. The third-order valence-corrected chi connectivity index (χ3v) is 2.95. The molecule has 0 radical (unpaired) electrons. The van der Waals surface area contributed by atoms with Gasteiger partial charge in [0.1, 0.15) is 0 Å². The van der Waals surface area contributed by atoms with Crippen LogP contribution in [0.4, 0.5) is 0 Å². The molecule has 1 nitrogen and oxygen atoms in total. The molecule has 1 saturated carbocycles. The first-order valence-electron chi connectivity index (χ1n) is 4.64. The van der Waals surface area contributed by atoms with Crippen LogP contribution in [0.3, 0.4) is 0 Å². The Morgan fingerprint density at radius 2 is 2.00 bits per heavy atom. The van der Waals surface area contributed by atoms with Gasteiger partial charge in [0.05, 0.1) is 6.07 Å². The predicted octanol–water partition coefficient (Wildman–Crippen LogP) is 2.97. The van der Waals surface area contributed by atoms with Crippen molar-refractivity contribution in [1.29, 1.82) is 5.26 Å². The Kier molecular flexibility index (Phi) is 2.93. The van der Waals surface area contributed by atoms with Crippen molar-refractivity contribution < 1.29 is 0 Å². The molecule has 0 aromatic rings. The summed E-state index contributed by atoms with van der Waals surface area (Å²) in [4.78, 5) is 0. The highest BCUT2D eigenvalue weighted by Crippen LogP contribution is 2.39. The molecule has 1 aliphatic rings. The lowest BCUT2D eigenvalue weighted by Gasteiger charge is -2.13. The molecule has 1 aliphatic carbocycles. The SMILES string of the molecule is CCC1CC(C)CC1CC#N. The zero-order valence-electron chi connectivity index (χ0n) is 7.51. The third kappa shape index (κ3) is 1.96. The Labute approximate surface area is 69.4 Å². The van der Waals surface area contributed by atoms with Gasteiger partial charge in [-0.25, -0.2) is 0 Å². The fourth-order valence-electron chi connectivity index (χ4n) is 2.38. The number of hydrogen-bond acceptors (Lipinski definition) is 1. The molecule has 0 aliphatic heterocycles. The first-order chi connectivity index (χ1) is 5.27. The van der Waals surface area contributed by atoms with E-state index in [2.05, 4.69) is 19.9 Å². The van der Waals surface area contributed by atoms with Crippen LogP contribution in [0.25, 0.3) is 0 Å². The Balaban J connectivity index is 2.45. The number of rotatable bonds is 2. The smallest absolute Gasteiger partial charge is 0.0624 e. The van der Waals surface area contributed by atoms with E-state index in [1.807, 2.05) is 0 Å². The maximum Gasteiger partial charge on any atom is 0.0624 e. The minimum absolute atomic E-state index is 0.708. The van der Waals surface area contributed by atoms with E-state index in [1.165, 1.54) is 19.3 Å². The molecule has 0 saturated heterocycles. The monoisotopic (exact) mass is 151 g/mol. The fraction of sp³-hybridized carbons (Fsp3) is 0.900. The maximum absolute atomic E-state index is 8.58. The zero-order chi connectivity index (χ0) is 8.27. The minimum atomic E-state index is 0.708. The van der Waals surface area contributed by atoms with E-state index in [4.69, 9.17) is 5.26 Å². The van der Waals surface area contributed by atoms with Gasteiger partial charge < -0.3 is 0 Å². The molecule has 0 aromatic heterocycles. The van der Waals surface area contributed by atoms with Gasteiger partial charge in [0.25, 0.3) is 0 Å². The molecule has 0 amide bonds. The molecule has 0 bridgehead atoms. The first-order valence-corrected chi connectivity index (χ1v) is 4.64. The van der Waals surface area contributed by atoms with E-state index >= 15 is 0 Å². The molecule has 0 heterocycles. The van der Waals surface area contributed by atoms with Crippen molar-refractivity contribution in [2.45, 2.75) is 39.5 Å². The molecule has 11 heavy (non-hydrogen) atoms. The highest BCUT2D eigenvalue weighted by atomic mass is 14.4. The summed E-state index contributed by atoms with van der Waals surface area (Å²) in [5, 5.41) is 8.58. The quantitative estimate of drug-likeness (QED) is 0.595. The highest BCUT2D eigenvalue weighted by Gasteiger charge is 2.29. The van der Waals surface area contributed by atoms with Gasteiger partial charge in [0.15, 0.2) is 0 Å². The average Bonchev–Trinajstić information content (AvgIpc) is 2.32. The molecule has 3 unspecified atom stereocenters. The van der Waals surface area contributed by atoms with Gasteiger partial charge in [0.2, 0.25) is 0 Å². The van der Waals surface area contributed by atoms with Crippen molar-refractivity contribution in [3.63, 3.8) is 0 Å². The number of nitrogens with zero attached hydrogens (tertiary/aromatic N) is 1. The summed E-state index contributed by atoms with van der Waals surface area (Å²) in [6.07, 6.45) is 4.68.